The minimum atomic E-state index is 0.452. The molecular weight excluding hydrogens is 857 g/mol. The summed E-state index contributed by atoms with van der Waals surface area (Å²) < 4.78 is 2.51. The fraction of sp³-hybridized carbons (Fsp3) is 0.0435. The molecule has 0 saturated heterocycles. The SMILES string of the molecule is CC1C=C(n2c3cccc(-c4cccc(N(c5ccc(-c6ccc(-c7cccc8ccccc78)cc6)cc5)c5ccc(-c6cccc7ccccc67)cc5)c4)c3c3cccc(-c4ccccc4)c32)C=CC1. The van der Waals surface area contributed by atoms with Crippen molar-refractivity contribution in [2.45, 2.75) is 13.3 Å². The Balaban J connectivity index is 0.933. The number of fused-ring (bicyclic) bond motifs is 5. The quantitative estimate of drug-likeness (QED) is 0.140. The summed E-state index contributed by atoms with van der Waals surface area (Å²) >= 11 is 0. The molecule has 13 rings (SSSR count). The Morgan fingerprint density at radius 1 is 0.380 bits per heavy atom. The first kappa shape index (κ1) is 42.1. The van der Waals surface area contributed by atoms with Gasteiger partial charge in [0.1, 0.15) is 0 Å². The number of aromatic nitrogens is 1. The molecule has 0 aliphatic heterocycles. The van der Waals surface area contributed by atoms with Gasteiger partial charge in [0.25, 0.3) is 0 Å². The third-order valence-corrected chi connectivity index (χ3v) is 14.5. The van der Waals surface area contributed by atoms with Crippen molar-refractivity contribution in [1.82, 2.24) is 4.57 Å². The van der Waals surface area contributed by atoms with Crippen LogP contribution in [0.2, 0.25) is 0 Å². The first-order valence-corrected chi connectivity index (χ1v) is 24.8. The average molecular weight is 907 g/mol. The predicted octanol–water partition coefficient (Wildman–Crippen LogP) is 19.3. The smallest absolute Gasteiger partial charge is 0.0619 e. The second-order valence-electron chi connectivity index (χ2n) is 18.9. The van der Waals surface area contributed by atoms with E-state index in [4.69, 9.17) is 0 Å². The number of hydrogen-bond acceptors (Lipinski definition) is 1. The Morgan fingerprint density at radius 2 is 0.859 bits per heavy atom. The zero-order valence-corrected chi connectivity index (χ0v) is 39.6. The fourth-order valence-corrected chi connectivity index (χ4v) is 11.1. The summed E-state index contributed by atoms with van der Waals surface area (Å²) in [7, 11) is 0. The van der Waals surface area contributed by atoms with Crippen molar-refractivity contribution in [2.75, 3.05) is 4.90 Å². The van der Waals surface area contributed by atoms with E-state index in [1.165, 1.54) is 105 Å². The van der Waals surface area contributed by atoms with Crippen LogP contribution in [0.1, 0.15) is 13.3 Å². The number of anilines is 3. The third kappa shape index (κ3) is 7.62. The van der Waals surface area contributed by atoms with Crippen LogP contribution < -0.4 is 4.90 Å². The number of rotatable bonds is 9. The lowest BCUT2D eigenvalue weighted by atomic mass is 9.96. The van der Waals surface area contributed by atoms with Crippen molar-refractivity contribution in [2.24, 2.45) is 5.92 Å². The molecule has 12 aromatic rings. The van der Waals surface area contributed by atoms with Gasteiger partial charge in [0, 0.05) is 39.1 Å². The molecular formula is C69H50N2. The lowest BCUT2D eigenvalue weighted by Crippen LogP contribution is -2.10. The van der Waals surface area contributed by atoms with Crippen molar-refractivity contribution in [3.05, 3.63) is 267 Å². The number of para-hydroxylation sites is 1. The number of hydrogen-bond donors (Lipinski definition) is 0. The lowest BCUT2D eigenvalue weighted by Gasteiger charge is -2.26. The highest BCUT2D eigenvalue weighted by Gasteiger charge is 2.22. The summed E-state index contributed by atoms with van der Waals surface area (Å²) in [5.74, 6) is 0.452. The van der Waals surface area contributed by atoms with E-state index in [1.807, 2.05) is 0 Å². The Bertz CT molecular complexity index is 3990. The van der Waals surface area contributed by atoms with Crippen LogP contribution in [0.3, 0.4) is 0 Å². The lowest BCUT2D eigenvalue weighted by molar-refractivity contribution is 0.735. The molecule has 1 aromatic heterocycles. The predicted molar refractivity (Wildman–Crippen MR) is 304 cm³/mol. The summed E-state index contributed by atoms with van der Waals surface area (Å²) in [5.41, 5.74) is 19.0. The summed E-state index contributed by atoms with van der Waals surface area (Å²) in [4.78, 5) is 2.40. The van der Waals surface area contributed by atoms with E-state index in [-0.39, 0.29) is 0 Å². The molecule has 0 fully saturated rings. The van der Waals surface area contributed by atoms with Gasteiger partial charge in [-0.2, -0.15) is 0 Å². The van der Waals surface area contributed by atoms with E-state index in [2.05, 4.69) is 283 Å². The van der Waals surface area contributed by atoms with Crippen LogP contribution in [0.5, 0.6) is 0 Å². The molecule has 0 radical (unpaired) electrons. The monoisotopic (exact) mass is 906 g/mol. The van der Waals surface area contributed by atoms with Crippen LogP contribution in [0.25, 0.3) is 105 Å². The molecule has 2 heteroatoms. The van der Waals surface area contributed by atoms with Gasteiger partial charge in [-0.05, 0) is 132 Å². The molecule has 0 spiro atoms. The van der Waals surface area contributed by atoms with Crippen LogP contribution in [0.15, 0.2) is 267 Å². The third-order valence-electron chi connectivity index (χ3n) is 14.5. The Labute approximate surface area is 415 Å². The minimum Gasteiger partial charge on any atom is -0.310 e. The molecule has 1 heterocycles. The van der Waals surface area contributed by atoms with E-state index in [0.29, 0.717) is 5.92 Å². The van der Waals surface area contributed by atoms with Crippen LogP contribution in [-0.4, -0.2) is 4.57 Å². The van der Waals surface area contributed by atoms with Crippen LogP contribution in [0, 0.1) is 5.92 Å². The second kappa shape index (κ2) is 17.8. The maximum Gasteiger partial charge on any atom is 0.0619 e. The number of allylic oxidation sites excluding steroid dienone is 4. The summed E-state index contributed by atoms with van der Waals surface area (Å²) in [6, 6.07) is 91.2. The molecule has 71 heavy (non-hydrogen) atoms. The van der Waals surface area contributed by atoms with Gasteiger partial charge >= 0.3 is 0 Å². The van der Waals surface area contributed by atoms with Gasteiger partial charge in [-0.3, -0.25) is 0 Å². The number of benzene rings is 11. The number of nitrogens with zero attached hydrogens (tertiary/aromatic N) is 2. The highest BCUT2D eigenvalue weighted by atomic mass is 15.1. The molecule has 0 bridgehead atoms. The normalized spacial score (nSPS) is 13.5. The molecule has 1 atom stereocenters. The van der Waals surface area contributed by atoms with Gasteiger partial charge in [-0.25, -0.2) is 0 Å². The molecule has 0 amide bonds. The van der Waals surface area contributed by atoms with Gasteiger partial charge in [0.2, 0.25) is 0 Å². The topological polar surface area (TPSA) is 8.17 Å². The second-order valence-corrected chi connectivity index (χ2v) is 18.9. The summed E-state index contributed by atoms with van der Waals surface area (Å²) in [6.07, 6.45) is 8.12. The van der Waals surface area contributed by atoms with Crippen LogP contribution in [0.4, 0.5) is 17.1 Å². The molecule has 336 valence electrons. The maximum absolute atomic E-state index is 2.51. The Hall–Kier alpha value is -8.98. The van der Waals surface area contributed by atoms with E-state index in [9.17, 15) is 0 Å². The van der Waals surface area contributed by atoms with Crippen LogP contribution in [-0.2, 0) is 0 Å². The first-order chi connectivity index (χ1) is 35.1. The first-order valence-electron chi connectivity index (χ1n) is 24.8. The van der Waals surface area contributed by atoms with Crippen molar-refractivity contribution in [3.63, 3.8) is 0 Å². The van der Waals surface area contributed by atoms with Crippen molar-refractivity contribution >= 4 is 66.1 Å². The molecule has 0 N–H and O–H groups in total. The van der Waals surface area contributed by atoms with E-state index < -0.39 is 0 Å². The zero-order chi connectivity index (χ0) is 47.3. The standard InChI is InChI=1S/C69H50N2/c1-47-15-9-23-58(45-47)71-67-32-14-29-64(68(67)66-31-13-30-65(69(66)71)52-16-3-2-4-17-52)55-22-10-24-59(46-55)70(57-43-39-54(40-44-57)63-28-12-21-51-19-6-8-26-61(51)63)56-41-37-49(38-42-56)48-33-35-53(36-34-48)62-27-11-20-50-18-5-7-25-60(50)62/h2-14,16-47H,15H2,1H3. The highest BCUT2D eigenvalue weighted by molar-refractivity contribution is 6.20. The fourth-order valence-electron chi connectivity index (χ4n) is 11.1. The van der Waals surface area contributed by atoms with E-state index in [0.717, 1.165) is 23.5 Å². The Morgan fingerprint density at radius 3 is 1.52 bits per heavy atom. The summed E-state index contributed by atoms with van der Waals surface area (Å²) in [5, 5.41) is 7.52. The highest BCUT2D eigenvalue weighted by Crippen LogP contribution is 2.45. The molecule has 1 aliphatic carbocycles. The maximum atomic E-state index is 2.51. The van der Waals surface area contributed by atoms with Gasteiger partial charge in [0.05, 0.1) is 11.0 Å². The van der Waals surface area contributed by atoms with Crippen molar-refractivity contribution < 1.29 is 0 Å². The van der Waals surface area contributed by atoms with Crippen molar-refractivity contribution in [3.8, 4) is 55.6 Å². The minimum absolute atomic E-state index is 0.452. The molecule has 1 unspecified atom stereocenters. The molecule has 11 aromatic carbocycles. The molecule has 0 saturated carbocycles. The van der Waals surface area contributed by atoms with Crippen molar-refractivity contribution in [1.29, 1.82) is 0 Å². The van der Waals surface area contributed by atoms with Gasteiger partial charge in [-0.15, -0.1) is 0 Å². The van der Waals surface area contributed by atoms with E-state index >= 15 is 0 Å². The van der Waals surface area contributed by atoms with Gasteiger partial charge in [0.15, 0.2) is 0 Å². The van der Waals surface area contributed by atoms with Gasteiger partial charge in [-0.1, -0.05) is 225 Å². The zero-order valence-electron chi connectivity index (χ0n) is 39.6. The van der Waals surface area contributed by atoms with Gasteiger partial charge < -0.3 is 9.47 Å². The largest absolute Gasteiger partial charge is 0.310 e. The molecule has 2 nitrogen and oxygen atoms in total. The van der Waals surface area contributed by atoms with E-state index in [1.54, 1.807) is 0 Å². The molecule has 1 aliphatic rings. The van der Waals surface area contributed by atoms with Crippen LogP contribution >= 0.6 is 0 Å². The average Bonchev–Trinajstić information content (AvgIpc) is 3.79. The summed E-state index contributed by atoms with van der Waals surface area (Å²) in [6.45, 7) is 2.31. The Kier molecular flexibility index (Phi) is 10.6.